The second-order valence-electron chi connectivity index (χ2n) is 4.38. The van der Waals surface area contributed by atoms with Crippen LogP contribution in [0.4, 0.5) is 0 Å². The molecule has 0 aliphatic heterocycles. The Balaban J connectivity index is 2.89. The van der Waals surface area contributed by atoms with E-state index >= 15 is 0 Å². The zero-order valence-corrected chi connectivity index (χ0v) is 12.8. The van der Waals surface area contributed by atoms with E-state index in [0.29, 0.717) is 22.2 Å². The van der Waals surface area contributed by atoms with Gasteiger partial charge in [-0.3, -0.25) is 5.32 Å². The molecule has 106 valence electrons. The molecule has 19 heavy (non-hydrogen) atoms. The van der Waals surface area contributed by atoms with Crippen LogP contribution in [0.2, 0.25) is 10.0 Å². The highest BCUT2D eigenvalue weighted by atomic mass is 35.5. The van der Waals surface area contributed by atoms with Gasteiger partial charge in [0.05, 0.1) is 7.11 Å². The number of halogens is 2. The molecular weight excluding hydrogens is 287 g/mol. The number of hydrogen-bond acceptors (Lipinski definition) is 4. The first kappa shape index (κ1) is 16.2. The van der Waals surface area contributed by atoms with Crippen molar-refractivity contribution < 1.29 is 9.53 Å². The van der Waals surface area contributed by atoms with Crippen molar-refractivity contribution in [3.05, 3.63) is 33.8 Å². The molecule has 1 unspecified atom stereocenters. The number of nitrogens with zero attached hydrogens (tertiary/aromatic N) is 1. The van der Waals surface area contributed by atoms with Gasteiger partial charge >= 0.3 is 5.97 Å². The smallest absolute Gasteiger partial charge is 0.327 e. The van der Waals surface area contributed by atoms with E-state index in [4.69, 9.17) is 27.9 Å². The van der Waals surface area contributed by atoms with E-state index in [-0.39, 0.29) is 5.97 Å². The Hall–Kier alpha value is -0.810. The average Bonchev–Trinajstić information content (AvgIpc) is 2.37. The molecule has 1 atom stereocenters. The minimum atomic E-state index is -0.615. The molecule has 6 heteroatoms. The number of methoxy groups -OCH3 is 1. The van der Waals surface area contributed by atoms with Gasteiger partial charge in [0.15, 0.2) is 0 Å². The van der Waals surface area contributed by atoms with Crippen LogP contribution >= 0.6 is 23.2 Å². The van der Waals surface area contributed by atoms with Crippen molar-refractivity contribution in [2.24, 2.45) is 0 Å². The number of likely N-dealkylation sites (N-methyl/N-ethyl adjacent to an activating group) is 1. The highest BCUT2D eigenvalue weighted by Crippen LogP contribution is 2.27. The Morgan fingerprint density at radius 1 is 1.42 bits per heavy atom. The Kier molecular flexibility index (Phi) is 6.58. The topological polar surface area (TPSA) is 41.6 Å². The molecule has 0 amide bonds. The van der Waals surface area contributed by atoms with E-state index in [1.165, 1.54) is 7.11 Å². The van der Waals surface area contributed by atoms with Crippen molar-refractivity contribution in [2.75, 3.05) is 34.3 Å². The third kappa shape index (κ3) is 4.99. The summed E-state index contributed by atoms with van der Waals surface area (Å²) in [7, 11) is 5.27. The monoisotopic (exact) mass is 304 g/mol. The first-order valence-corrected chi connectivity index (χ1v) is 6.62. The Labute approximate surface area is 123 Å². The van der Waals surface area contributed by atoms with Crippen LogP contribution in [0.25, 0.3) is 0 Å². The van der Waals surface area contributed by atoms with Crippen LogP contribution in [0.3, 0.4) is 0 Å². The number of rotatable bonds is 6. The lowest BCUT2D eigenvalue weighted by Gasteiger charge is -2.19. The summed E-state index contributed by atoms with van der Waals surface area (Å²) in [4.78, 5) is 13.9. The maximum atomic E-state index is 11.9. The molecule has 0 saturated heterocycles. The standard InChI is InChI=1S/C13H18Cl2N2O2/c1-17(2)7-6-16-12(13(18)19-3)10-8-9(14)4-5-11(10)15/h4-5,8,12,16H,6-7H2,1-3H3. The first-order valence-electron chi connectivity index (χ1n) is 5.86. The van der Waals surface area contributed by atoms with Gasteiger partial charge in [0, 0.05) is 28.7 Å². The molecular formula is C13H18Cl2N2O2. The average molecular weight is 305 g/mol. The molecule has 0 fully saturated rings. The Bertz CT molecular complexity index is 439. The van der Waals surface area contributed by atoms with Crippen molar-refractivity contribution in [3.8, 4) is 0 Å². The zero-order valence-electron chi connectivity index (χ0n) is 11.2. The van der Waals surface area contributed by atoms with Crippen molar-refractivity contribution in [1.82, 2.24) is 10.2 Å². The number of hydrogen-bond donors (Lipinski definition) is 1. The summed E-state index contributed by atoms with van der Waals surface area (Å²) in [5, 5.41) is 4.14. The van der Waals surface area contributed by atoms with E-state index < -0.39 is 6.04 Å². The number of benzene rings is 1. The number of ether oxygens (including phenoxy) is 1. The van der Waals surface area contributed by atoms with Gasteiger partial charge in [0.25, 0.3) is 0 Å². The van der Waals surface area contributed by atoms with Crippen molar-refractivity contribution in [3.63, 3.8) is 0 Å². The summed E-state index contributed by atoms with van der Waals surface area (Å²) in [5.41, 5.74) is 0.625. The second kappa shape index (κ2) is 7.70. The zero-order chi connectivity index (χ0) is 14.4. The fraction of sp³-hybridized carbons (Fsp3) is 0.462. The highest BCUT2D eigenvalue weighted by Gasteiger charge is 2.23. The third-order valence-electron chi connectivity index (χ3n) is 2.61. The number of nitrogens with one attached hydrogen (secondary N) is 1. The Morgan fingerprint density at radius 2 is 2.11 bits per heavy atom. The number of esters is 1. The fourth-order valence-corrected chi connectivity index (χ4v) is 2.01. The molecule has 0 bridgehead atoms. The van der Waals surface area contributed by atoms with E-state index in [2.05, 4.69) is 5.32 Å². The van der Waals surface area contributed by atoms with Crippen molar-refractivity contribution >= 4 is 29.2 Å². The molecule has 1 rings (SSSR count). The van der Waals surface area contributed by atoms with Gasteiger partial charge in [-0.15, -0.1) is 0 Å². The summed E-state index contributed by atoms with van der Waals surface area (Å²) in [6.45, 7) is 1.43. The molecule has 0 heterocycles. The van der Waals surface area contributed by atoms with Gasteiger partial charge in [0.1, 0.15) is 6.04 Å². The highest BCUT2D eigenvalue weighted by molar-refractivity contribution is 6.33. The lowest BCUT2D eigenvalue weighted by molar-refractivity contribution is -0.143. The quantitative estimate of drug-likeness (QED) is 0.819. The van der Waals surface area contributed by atoms with E-state index in [1.807, 2.05) is 19.0 Å². The minimum absolute atomic E-state index is 0.386. The van der Waals surface area contributed by atoms with Crippen LogP contribution in [0.5, 0.6) is 0 Å². The normalized spacial score (nSPS) is 12.5. The predicted octanol–water partition coefficient (Wildman–Crippen LogP) is 2.36. The maximum absolute atomic E-state index is 11.9. The van der Waals surface area contributed by atoms with E-state index in [9.17, 15) is 4.79 Å². The largest absolute Gasteiger partial charge is 0.468 e. The summed E-state index contributed by atoms with van der Waals surface area (Å²) in [6, 6.07) is 4.41. The lowest BCUT2D eigenvalue weighted by atomic mass is 10.1. The number of carbonyl (C=O) groups is 1. The fourth-order valence-electron chi connectivity index (χ4n) is 1.61. The SMILES string of the molecule is COC(=O)C(NCCN(C)C)c1cc(Cl)ccc1Cl. The van der Waals surface area contributed by atoms with Gasteiger partial charge in [-0.05, 0) is 32.3 Å². The summed E-state index contributed by atoms with van der Waals surface area (Å²) in [5.74, 6) is -0.386. The van der Waals surface area contributed by atoms with Crippen LogP contribution in [0.15, 0.2) is 18.2 Å². The first-order chi connectivity index (χ1) is 8.95. The van der Waals surface area contributed by atoms with Gasteiger partial charge in [0.2, 0.25) is 0 Å². The molecule has 1 N–H and O–H groups in total. The van der Waals surface area contributed by atoms with Crippen LogP contribution in [0.1, 0.15) is 11.6 Å². The Morgan fingerprint density at radius 3 is 2.68 bits per heavy atom. The van der Waals surface area contributed by atoms with Crippen molar-refractivity contribution in [2.45, 2.75) is 6.04 Å². The molecule has 0 aromatic heterocycles. The number of carbonyl (C=O) groups excluding carboxylic acids is 1. The third-order valence-corrected chi connectivity index (χ3v) is 3.19. The second-order valence-corrected chi connectivity index (χ2v) is 5.22. The molecule has 0 aliphatic carbocycles. The molecule has 4 nitrogen and oxygen atoms in total. The van der Waals surface area contributed by atoms with Gasteiger partial charge in [-0.25, -0.2) is 4.79 Å². The summed E-state index contributed by atoms with van der Waals surface area (Å²) in [6.07, 6.45) is 0. The molecule has 1 aromatic rings. The molecule has 0 aliphatic rings. The van der Waals surface area contributed by atoms with Crippen LogP contribution < -0.4 is 5.32 Å². The van der Waals surface area contributed by atoms with Crippen LogP contribution in [-0.4, -0.2) is 45.2 Å². The lowest BCUT2D eigenvalue weighted by Crippen LogP contribution is -2.34. The van der Waals surface area contributed by atoms with Crippen LogP contribution in [-0.2, 0) is 9.53 Å². The minimum Gasteiger partial charge on any atom is -0.468 e. The predicted molar refractivity (Wildman–Crippen MR) is 77.8 cm³/mol. The summed E-state index contributed by atoms with van der Waals surface area (Å²) < 4.78 is 4.80. The molecule has 0 spiro atoms. The van der Waals surface area contributed by atoms with Gasteiger partial charge in [-0.1, -0.05) is 23.2 Å². The van der Waals surface area contributed by atoms with E-state index in [0.717, 1.165) is 6.54 Å². The van der Waals surface area contributed by atoms with Gasteiger partial charge < -0.3 is 9.64 Å². The molecule has 0 saturated carbocycles. The molecule has 0 radical (unpaired) electrons. The van der Waals surface area contributed by atoms with Gasteiger partial charge in [-0.2, -0.15) is 0 Å². The van der Waals surface area contributed by atoms with Crippen molar-refractivity contribution in [1.29, 1.82) is 0 Å². The molecule has 1 aromatic carbocycles. The summed E-state index contributed by atoms with van der Waals surface area (Å²) >= 11 is 12.1. The maximum Gasteiger partial charge on any atom is 0.327 e. The van der Waals surface area contributed by atoms with Crippen LogP contribution in [0, 0.1) is 0 Å². The van der Waals surface area contributed by atoms with E-state index in [1.54, 1.807) is 18.2 Å².